The summed E-state index contributed by atoms with van der Waals surface area (Å²) in [4.78, 5) is 9.51. The Morgan fingerprint density at radius 1 is 0.677 bits per heavy atom. The summed E-state index contributed by atoms with van der Waals surface area (Å²) in [5.41, 5.74) is 6.55. The lowest BCUT2D eigenvalue weighted by atomic mass is 9.82. The zero-order valence-corrected chi connectivity index (χ0v) is 19.7. The largest absolute Gasteiger partial charge is 0.356 e. The maximum absolute atomic E-state index is 4.78. The lowest BCUT2D eigenvalue weighted by Gasteiger charge is -2.23. The molecule has 0 heterocycles. The maximum Gasteiger partial charge on any atom is 0.0638 e. The predicted octanol–water partition coefficient (Wildman–Crippen LogP) is 7.95. The molecular weight excluding hydrogens is 378 g/mol. The second-order valence-corrected chi connectivity index (χ2v) is 9.39. The number of allylic oxidation sites excluding steroid dienone is 4. The summed E-state index contributed by atoms with van der Waals surface area (Å²) in [5.74, 6) is 0. The van der Waals surface area contributed by atoms with Crippen LogP contribution in [0.25, 0.3) is 0 Å². The van der Waals surface area contributed by atoms with Crippen LogP contribution in [-0.2, 0) is 5.41 Å². The van der Waals surface area contributed by atoms with E-state index in [0.717, 1.165) is 41.3 Å². The van der Waals surface area contributed by atoms with E-state index in [9.17, 15) is 0 Å². The molecule has 0 amide bonds. The second kappa shape index (κ2) is 9.47. The molecule has 2 aromatic rings. The molecule has 0 aromatic heterocycles. The van der Waals surface area contributed by atoms with E-state index < -0.39 is 0 Å². The number of nitrogens with one attached hydrogen (secondary N) is 1. The highest BCUT2D eigenvalue weighted by molar-refractivity contribution is 6.19. The Morgan fingerprint density at radius 3 is 1.71 bits per heavy atom. The summed E-state index contributed by atoms with van der Waals surface area (Å²) in [6.07, 6.45) is 10.3. The van der Waals surface area contributed by atoms with Crippen molar-refractivity contribution in [3.05, 3.63) is 78.4 Å². The van der Waals surface area contributed by atoms with Gasteiger partial charge >= 0.3 is 0 Å². The van der Waals surface area contributed by atoms with Gasteiger partial charge in [-0.25, -0.2) is 4.99 Å². The highest BCUT2D eigenvalue weighted by Crippen LogP contribution is 2.28. The zero-order valence-electron chi connectivity index (χ0n) is 19.7. The first-order valence-electron chi connectivity index (χ1n) is 11.2. The van der Waals surface area contributed by atoms with Gasteiger partial charge in [0.25, 0.3) is 0 Å². The van der Waals surface area contributed by atoms with Crippen LogP contribution >= 0.6 is 0 Å². The van der Waals surface area contributed by atoms with Crippen molar-refractivity contribution in [3.63, 3.8) is 0 Å². The molecule has 0 saturated heterocycles. The summed E-state index contributed by atoms with van der Waals surface area (Å²) in [7, 11) is 0. The fourth-order valence-electron chi connectivity index (χ4n) is 3.17. The fraction of sp³-hybridized carbons (Fsp3) is 0.357. The minimum Gasteiger partial charge on any atom is -0.356 e. The predicted molar refractivity (Wildman–Crippen MR) is 137 cm³/mol. The molecule has 162 valence electrons. The van der Waals surface area contributed by atoms with Gasteiger partial charge in [-0.3, -0.25) is 4.99 Å². The second-order valence-electron chi connectivity index (χ2n) is 9.39. The van der Waals surface area contributed by atoms with E-state index in [0.29, 0.717) is 0 Å². The van der Waals surface area contributed by atoms with Crippen LogP contribution in [0, 0.1) is 0 Å². The number of nitrogens with zero attached hydrogens (tertiary/aromatic N) is 2. The standard InChI is InChI=1S/C28H35N3/c1-7-27(3,4)21-9-11-22(12-10-21)29-23-13-15-24(16-14-23)30-25-17-19-26(20-18-25)31-28(5,6)8-2/h9-20,29H,7-8H2,1-6H3. The van der Waals surface area contributed by atoms with Crippen LogP contribution in [0.1, 0.15) is 59.9 Å². The maximum atomic E-state index is 4.78. The lowest BCUT2D eigenvalue weighted by Crippen LogP contribution is -2.17. The first-order chi connectivity index (χ1) is 14.7. The number of rotatable bonds is 7. The van der Waals surface area contributed by atoms with Gasteiger partial charge in [-0.05, 0) is 98.4 Å². The molecule has 0 bridgehead atoms. The van der Waals surface area contributed by atoms with Crippen molar-refractivity contribution < 1.29 is 0 Å². The molecule has 0 aliphatic heterocycles. The van der Waals surface area contributed by atoms with Crippen molar-refractivity contribution in [2.24, 2.45) is 9.98 Å². The van der Waals surface area contributed by atoms with Crippen molar-refractivity contribution in [1.82, 2.24) is 0 Å². The molecule has 1 N–H and O–H groups in total. The van der Waals surface area contributed by atoms with Crippen LogP contribution in [0.4, 0.5) is 17.1 Å². The van der Waals surface area contributed by atoms with Crippen LogP contribution in [-0.4, -0.2) is 17.0 Å². The molecule has 2 aromatic carbocycles. The third-order valence-corrected chi connectivity index (χ3v) is 6.11. The molecular formula is C28H35N3. The SMILES string of the molecule is CCC(C)(C)N=C1C=CC(=Nc2ccc(Nc3ccc(C(C)(C)CC)cc3)cc2)C=C1. The van der Waals surface area contributed by atoms with Crippen molar-refractivity contribution in [3.8, 4) is 0 Å². The van der Waals surface area contributed by atoms with Gasteiger partial charge in [-0.15, -0.1) is 0 Å². The summed E-state index contributed by atoms with van der Waals surface area (Å²) in [5, 5.41) is 3.47. The first kappa shape index (κ1) is 22.7. The summed E-state index contributed by atoms with van der Waals surface area (Å²) >= 11 is 0. The average molecular weight is 414 g/mol. The van der Waals surface area contributed by atoms with Crippen molar-refractivity contribution in [2.45, 2.75) is 65.3 Å². The minimum absolute atomic E-state index is 0.0337. The van der Waals surface area contributed by atoms with Crippen molar-refractivity contribution in [1.29, 1.82) is 0 Å². The smallest absolute Gasteiger partial charge is 0.0638 e. The van der Waals surface area contributed by atoms with Crippen LogP contribution < -0.4 is 5.32 Å². The Hall–Kier alpha value is -2.94. The van der Waals surface area contributed by atoms with Gasteiger partial charge in [0.2, 0.25) is 0 Å². The Morgan fingerprint density at radius 2 is 1.19 bits per heavy atom. The van der Waals surface area contributed by atoms with Crippen molar-refractivity contribution >= 4 is 28.5 Å². The number of hydrogen-bond donors (Lipinski definition) is 1. The van der Waals surface area contributed by atoms with Crippen LogP contribution in [0.15, 0.2) is 82.8 Å². The average Bonchev–Trinajstić information content (AvgIpc) is 2.77. The van der Waals surface area contributed by atoms with Crippen LogP contribution in [0.3, 0.4) is 0 Å². The zero-order chi connectivity index (χ0) is 22.5. The van der Waals surface area contributed by atoms with E-state index in [2.05, 4.69) is 83.3 Å². The highest BCUT2D eigenvalue weighted by atomic mass is 14.9. The Balaban J connectivity index is 1.64. The molecule has 0 radical (unpaired) electrons. The van der Waals surface area contributed by atoms with E-state index in [1.54, 1.807) is 0 Å². The van der Waals surface area contributed by atoms with Crippen LogP contribution in [0.2, 0.25) is 0 Å². The van der Waals surface area contributed by atoms with Gasteiger partial charge in [0.05, 0.1) is 22.6 Å². The molecule has 3 heteroatoms. The molecule has 0 fully saturated rings. The molecule has 0 atom stereocenters. The first-order valence-corrected chi connectivity index (χ1v) is 11.2. The Labute approximate surface area is 187 Å². The van der Waals surface area contributed by atoms with E-state index in [1.807, 2.05) is 36.4 Å². The third kappa shape index (κ3) is 6.27. The van der Waals surface area contributed by atoms with Crippen LogP contribution in [0.5, 0.6) is 0 Å². The molecule has 3 rings (SSSR count). The van der Waals surface area contributed by atoms with E-state index in [4.69, 9.17) is 9.98 Å². The number of hydrogen-bond acceptors (Lipinski definition) is 3. The van der Waals surface area contributed by atoms with Gasteiger partial charge in [-0.1, -0.05) is 39.8 Å². The van der Waals surface area contributed by atoms with Gasteiger partial charge in [0.1, 0.15) is 0 Å². The van der Waals surface area contributed by atoms with E-state index >= 15 is 0 Å². The molecule has 0 spiro atoms. The minimum atomic E-state index is -0.0337. The van der Waals surface area contributed by atoms with Gasteiger partial charge in [0.15, 0.2) is 0 Å². The Kier molecular flexibility index (Phi) is 6.94. The molecule has 1 aliphatic carbocycles. The molecule has 1 aliphatic rings. The highest BCUT2D eigenvalue weighted by Gasteiger charge is 2.17. The number of anilines is 2. The number of aliphatic imine (C=N–C) groups is 2. The van der Waals surface area contributed by atoms with E-state index in [1.165, 1.54) is 5.56 Å². The Bertz CT molecular complexity index is 983. The monoisotopic (exact) mass is 413 g/mol. The fourth-order valence-corrected chi connectivity index (χ4v) is 3.17. The number of benzene rings is 2. The molecule has 31 heavy (non-hydrogen) atoms. The molecule has 0 saturated carbocycles. The van der Waals surface area contributed by atoms with E-state index in [-0.39, 0.29) is 11.0 Å². The molecule has 0 unspecified atom stereocenters. The normalized spacial score (nSPS) is 14.0. The van der Waals surface area contributed by atoms with Crippen molar-refractivity contribution in [2.75, 3.05) is 5.32 Å². The van der Waals surface area contributed by atoms with Gasteiger partial charge in [-0.2, -0.15) is 0 Å². The lowest BCUT2D eigenvalue weighted by molar-refractivity contribution is 0.506. The topological polar surface area (TPSA) is 36.8 Å². The quantitative estimate of drug-likeness (QED) is 0.459. The van der Waals surface area contributed by atoms with Gasteiger partial charge in [0, 0.05) is 11.4 Å². The molecule has 3 nitrogen and oxygen atoms in total. The summed E-state index contributed by atoms with van der Waals surface area (Å²) in [6, 6.07) is 16.9. The summed E-state index contributed by atoms with van der Waals surface area (Å²) in [6.45, 7) is 13.3. The third-order valence-electron chi connectivity index (χ3n) is 6.11. The van der Waals surface area contributed by atoms with Gasteiger partial charge < -0.3 is 5.32 Å². The summed E-state index contributed by atoms with van der Waals surface area (Å²) < 4.78 is 0.